The fourth-order valence-electron chi connectivity index (χ4n) is 5.15. The van der Waals surface area contributed by atoms with E-state index in [1.54, 1.807) is 18.5 Å². The molecule has 2 aromatic heterocycles. The van der Waals surface area contributed by atoms with E-state index < -0.39 is 0 Å². The molecule has 0 bridgehead atoms. The van der Waals surface area contributed by atoms with Gasteiger partial charge >= 0.3 is 0 Å². The van der Waals surface area contributed by atoms with E-state index in [0.29, 0.717) is 35.7 Å². The van der Waals surface area contributed by atoms with Crippen molar-refractivity contribution in [3.63, 3.8) is 0 Å². The molecule has 0 unspecified atom stereocenters. The molecular formula is C26H31N5O3. The van der Waals surface area contributed by atoms with Crippen molar-refractivity contribution in [2.24, 2.45) is 13.0 Å². The lowest BCUT2D eigenvalue weighted by atomic mass is 10.0. The first kappa shape index (κ1) is 22.5. The van der Waals surface area contributed by atoms with Crippen molar-refractivity contribution >= 4 is 28.5 Å². The van der Waals surface area contributed by atoms with Gasteiger partial charge < -0.3 is 19.9 Å². The third kappa shape index (κ3) is 4.82. The molecule has 1 aliphatic heterocycles. The zero-order chi connectivity index (χ0) is 23.5. The van der Waals surface area contributed by atoms with Crippen molar-refractivity contribution in [3.8, 4) is 0 Å². The molecule has 3 aromatic rings. The number of aromatic nitrogens is 3. The van der Waals surface area contributed by atoms with Crippen LogP contribution in [-0.4, -0.2) is 33.0 Å². The fourth-order valence-corrected chi connectivity index (χ4v) is 5.15. The molecule has 5 rings (SSSR count). The van der Waals surface area contributed by atoms with Crippen molar-refractivity contribution < 1.29 is 14.3 Å². The second-order valence-electron chi connectivity index (χ2n) is 9.36. The number of pyridine rings is 1. The minimum Gasteiger partial charge on any atom is -0.370 e. The second-order valence-corrected chi connectivity index (χ2v) is 9.36. The van der Waals surface area contributed by atoms with Gasteiger partial charge in [0, 0.05) is 44.7 Å². The van der Waals surface area contributed by atoms with Gasteiger partial charge in [-0.15, -0.1) is 0 Å². The van der Waals surface area contributed by atoms with E-state index in [9.17, 15) is 9.59 Å². The largest absolute Gasteiger partial charge is 0.370 e. The highest BCUT2D eigenvalue weighted by atomic mass is 16.5. The zero-order valence-electron chi connectivity index (χ0n) is 19.5. The molecule has 2 amide bonds. The number of ether oxygens (including phenoxy) is 1. The Morgan fingerprint density at radius 2 is 1.91 bits per heavy atom. The number of carbonyl (C=O) groups is 2. The van der Waals surface area contributed by atoms with Crippen LogP contribution < -0.4 is 10.6 Å². The molecule has 34 heavy (non-hydrogen) atoms. The first-order valence-corrected chi connectivity index (χ1v) is 12.2. The van der Waals surface area contributed by atoms with Crippen LogP contribution in [-0.2, 0) is 23.1 Å². The summed E-state index contributed by atoms with van der Waals surface area (Å²) in [5.74, 6) is 1.04. The maximum absolute atomic E-state index is 13.3. The lowest BCUT2D eigenvalue weighted by Crippen LogP contribution is -2.24. The van der Waals surface area contributed by atoms with Gasteiger partial charge in [0.1, 0.15) is 11.9 Å². The Balaban J connectivity index is 1.45. The van der Waals surface area contributed by atoms with Gasteiger partial charge in [-0.3, -0.25) is 14.6 Å². The minimum absolute atomic E-state index is 0.00956. The standard InChI is InChI=1S/C26H31N5O3/c1-31-24-20(26(33)28-16-18-8-10-27-11-9-18)14-19(29-23(32)13-17-5-2-3-6-17)15-21(24)30-25(31)22-7-4-12-34-22/h8-11,14-15,17,22H,2-7,12-13,16H2,1H3,(H,28,33)(H,29,32)/t22-/m0/s1. The number of fused-ring (bicyclic) bond motifs is 1. The number of aryl methyl sites for hydroxylation is 1. The van der Waals surface area contributed by atoms with Crippen molar-refractivity contribution in [1.29, 1.82) is 0 Å². The number of hydrogen-bond donors (Lipinski definition) is 2. The number of amides is 2. The maximum Gasteiger partial charge on any atom is 0.253 e. The average molecular weight is 462 g/mol. The molecule has 1 saturated carbocycles. The summed E-state index contributed by atoms with van der Waals surface area (Å²) in [5.41, 5.74) is 3.47. The third-order valence-electron chi connectivity index (χ3n) is 6.90. The van der Waals surface area contributed by atoms with Crippen LogP contribution in [0.25, 0.3) is 11.0 Å². The van der Waals surface area contributed by atoms with Crippen LogP contribution in [0.4, 0.5) is 5.69 Å². The number of anilines is 1. The van der Waals surface area contributed by atoms with Gasteiger partial charge in [0.25, 0.3) is 5.91 Å². The SMILES string of the molecule is Cn1c([C@@H]2CCCO2)nc2cc(NC(=O)CC3CCCC3)cc(C(=O)NCc3ccncc3)c21. The van der Waals surface area contributed by atoms with Gasteiger partial charge in [0.05, 0.1) is 16.6 Å². The number of carbonyl (C=O) groups excluding carboxylic acids is 2. The van der Waals surface area contributed by atoms with Crippen LogP contribution in [0.5, 0.6) is 0 Å². The van der Waals surface area contributed by atoms with Crippen molar-refractivity contribution in [2.45, 2.75) is 57.6 Å². The summed E-state index contributed by atoms with van der Waals surface area (Å²) in [6.07, 6.45) is 10.4. The topological polar surface area (TPSA) is 98.1 Å². The van der Waals surface area contributed by atoms with Gasteiger partial charge in [-0.1, -0.05) is 12.8 Å². The molecule has 178 valence electrons. The Bertz CT molecular complexity index is 1180. The van der Waals surface area contributed by atoms with Gasteiger partial charge in [-0.25, -0.2) is 4.98 Å². The quantitative estimate of drug-likeness (QED) is 0.548. The molecule has 1 aromatic carbocycles. The molecule has 8 heteroatoms. The molecule has 1 atom stereocenters. The molecule has 2 fully saturated rings. The summed E-state index contributed by atoms with van der Waals surface area (Å²) in [7, 11) is 1.92. The molecular weight excluding hydrogens is 430 g/mol. The number of hydrogen-bond acceptors (Lipinski definition) is 5. The van der Waals surface area contributed by atoms with Crippen LogP contribution in [0.1, 0.15) is 72.8 Å². The number of imidazole rings is 1. The first-order valence-electron chi connectivity index (χ1n) is 12.2. The maximum atomic E-state index is 13.3. The van der Waals surface area contributed by atoms with Crippen LogP contribution in [0, 0.1) is 5.92 Å². The molecule has 2 aliphatic rings. The van der Waals surface area contributed by atoms with Gasteiger partial charge in [-0.05, 0) is 61.4 Å². The summed E-state index contributed by atoms with van der Waals surface area (Å²) in [6.45, 7) is 1.10. The molecule has 2 N–H and O–H groups in total. The van der Waals surface area contributed by atoms with Crippen molar-refractivity contribution in [2.75, 3.05) is 11.9 Å². The Kier molecular flexibility index (Phi) is 6.58. The monoisotopic (exact) mass is 461 g/mol. The second kappa shape index (κ2) is 9.93. The fraction of sp³-hybridized carbons (Fsp3) is 0.462. The lowest BCUT2D eigenvalue weighted by molar-refractivity contribution is -0.117. The van der Waals surface area contributed by atoms with E-state index in [2.05, 4.69) is 15.6 Å². The van der Waals surface area contributed by atoms with Crippen molar-refractivity contribution in [3.05, 3.63) is 53.6 Å². The summed E-state index contributed by atoms with van der Waals surface area (Å²) in [4.78, 5) is 34.9. The normalized spacial score (nSPS) is 18.4. The molecule has 1 aliphatic carbocycles. The minimum atomic E-state index is -0.212. The van der Waals surface area contributed by atoms with E-state index in [0.717, 1.165) is 49.2 Å². The highest BCUT2D eigenvalue weighted by Crippen LogP contribution is 2.33. The molecule has 1 saturated heterocycles. The Labute approximate surface area is 199 Å². The van der Waals surface area contributed by atoms with E-state index in [1.165, 1.54) is 12.8 Å². The highest BCUT2D eigenvalue weighted by molar-refractivity contribution is 6.07. The third-order valence-corrected chi connectivity index (χ3v) is 6.90. The summed E-state index contributed by atoms with van der Waals surface area (Å²) in [5, 5.41) is 6.02. The van der Waals surface area contributed by atoms with Gasteiger partial charge in [0.15, 0.2) is 0 Å². The summed E-state index contributed by atoms with van der Waals surface area (Å²) < 4.78 is 7.82. The van der Waals surface area contributed by atoms with Gasteiger partial charge in [0.2, 0.25) is 5.91 Å². The van der Waals surface area contributed by atoms with Crippen LogP contribution in [0.2, 0.25) is 0 Å². The Morgan fingerprint density at radius 1 is 1.12 bits per heavy atom. The Morgan fingerprint density at radius 3 is 2.65 bits per heavy atom. The molecule has 3 heterocycles. The molecule has 0 radical (unpaired) electrons. The number of nitrogens with zero attached hydrogens (tertiary/aromatic N) is 3. The van der Waals surface area contributed by atoms with E-state index in [-0.39, 0.29) is 17.9 Å². The zero-order valence-corrected chi connectivity index (χ0v) is 19.5. The average Bonchev–Trinajstić information content (AvgIpc) is 3.60. The van der Waals surface area contributed by atoms with Gasteiger partial charge in [-0.2, -0.15) is 0 Å². The molecule has 0 spiro atoms. The number of benzene rings is 1. The lowest BCUT2D eigenvalue weighted by Gasteiger charge is -2.13. The summed E-state index contributed by atoms with van der Waals surface area (Å²) in [6, 6.07) is 7.36. The predicted molar refractivity (Wildman–Crippen MR) is 129 cm³/mol. The number of nitrogens with one attached hydrogen (secondary N) is 2. The summed E-state index contributed by atoms with van der Waals surface area (Å²) >= 11 is 0. The predicted octanol–water partition coefficient (Wildman–Crippen LogP) is 4.27. The van der Waals surface area contributed by atoms with Crippen LogP contribution in [0.15, 0.2) is 36.7 Å². The smallest absolute Gasteiger partial charge is 0.253 e. The molecule has 8 nitrogen and oxygen atoms in total. The number of rotatable bonds is 7. The van der Waals surface area contributed by atoms with E-state index in [4.69, 9.17) is 9.72 Å². The highest BCUT2D eigenvalue weighted by Gasteiger charge is 2.26. The van der Waals surface area contributed by atoms with Crippen LogP contribution in [0.3, 0.4) is 0 Å². The first-order chi connectivity index (χ1) is 16.6. The van der Waals surface area contributed by atoms with E-state index in [1.807, 2.05) is 29.8 Å². The van der Waals surface area contributed by atoms with Crippen LogP contribution >= 0.6 is 0 Å². The van der Waals surface area contributed by atoms with E-state index >= 15 is 0 Å². The van der Waals surface area contributed by atoms with Crippen molar-refractivity contribution in [1.82, 2.24) is 19.9 Å². The Hall–Kier alpha value is -3.26.